The highest BCUT2D eigenvalue weighted by Gasteiger charge is 2.34. The van der Waals surface area contributed by atoms with Crippen molar-refractivity contribution in [3.63, 3.8) is 0 Å². The number of hydrogen-bond donors (Lipinski definition) is 0. The fourth-order valence-electron chi connectivity index (χ4n) is 8.44. The van der Waals surface area contributed by atoms with E-state index in [2.05, 4.69) is 158 Å². The Hall–Kier alpha value is -5.79. The molecule has 0 amide bonds. The summed E-state index contributed by atoms with van der Waals surface area (Å²) in [6.45, 7) is 4.74. The topological polar surface area (TPSA) is 12.9 Å². The standard InChI is InChI=1S/C46H31N/c1-46(2)43-20-10-13-30-26-47-27-42(45(30)43)37-22-21-29(23-44(37)46)38-24-40-36-18-8-7-17-35(36)39(25-41(40)34-16-6-5-15-33(34)38)32-19-9-12-28-11-3-4-14-31(28)32/h3-27H,1-2H3. The van der Waals surface area contributed by atoms with Crippen LogP contribution >= 0.6 is 0 Å². The van der Waals surface area contributed by atoms with Gasteiger partial charge in [-0.15, -0.1) is 0 Å². The maximum absolute atomic E-state index is 4.64. The van der Waals surface area contributed by atoms with Gasteiger partial charge in [0.15, 0.2) is 0 Å². The van der Waals surface area contributed by atoms with Gasteiger partial charge in [0.25, 0.3) is 0 Å². The molecule has 1 heterocycles. The highest BCUT2D eigenvalue weighted by atomic mass is 14.6. The Labute approximate surface area is 273 Å². The van der Waals surface area contributed by atoms with Crippen LogP contribution in [0.4, 0.5) is 0 Å². The Morgan fingerprint density at radius 1 is 0.383 bits per heavy atom. The van der Waals surface area contributed by atoms with Crippen LogP contribution in [0.3, 0.4) is 0 Å². The first-order valence-electron chi connectivity index (χ1n) is 16.5. The minimum absolute atomic E-state index is 0.147. The molecule has 1 nitrogen and oxygen atoms in total. The molecule has 8 aromatic carbocycles. The molecule has 0 fully saturated rings. The predicted molar refractivity (Wildman–Crippen MR) is 200 cm³/mol. The molecule has 9 aromatic rings. The molecule has 1 aliphatic carbocycles. The monoisotopic (exact) mass is 597 g/mol. The smallest absolute Gasteiger partial charge is 0.0353 e. The van der Waals surface area contributed by atoms with Crippen molar-refractivity contribution in [2.75, 3.05) is 0 Å². The molecule has 0 radical (unpaired) electrons. The van der Waals surface area contributed by atoms with Crippen LogP contribution in [0.1, 0.15) is 25.0 Å². The summed E-state index contributed by atoms with van der Waals surface area (Å²) in [5.41, 5.74) is 10.2. The van der Waals surface area contributed by atoms with Crippen molar-refractivity contribution >= 4 is 53.9 Å². The minimum atomic E-state index is -0.147. The summed E-state index contributed by atoms with van der Waals surface area (Å²) in [5, 5.41) is 12.8. The van der Waals surface area contributed by atoms with E-state index < -0.39 is 0 Å². The predicted octanol–water partition coefficient (Wildman–Crippen LogP) is 12.5. The molecule has 0 spiro atoms. The van der Waals surface area contributed by atoms with Crippen LogP contribution < -0.4 is 0 Å². The van der Waals surface area contributed by atoms with Gasteiger partial charge >= 0.3 is 0 Å². The SMILES string of the molecule is CC1(C)c2cc(-c3cc4c5ccccc5c(-c5cccc6ccccc56)cc4c4ccccc34)ccc2-c2cncc3cccc1c23. The van der Waals surface area contributed by atoms with E-state index >= 15 is 0 Å². The Morgan fingerprint density at radius 3 is 1.79 bits per heavy atom. The molecule has 1 heteroatoms. The molecule has 0 saturated heterocycles. The van der Waals surface area contributed by atoms with Gasteiger partial charge in [-0.2, -0.15) is 0 Å². The van der Waals surface area contributed by atoms with Gasteiger partial charge in [-0.05, 0) is 106 Å². The second kappa shape index (κ2) is 9.61. The Morgan fingerprint density at radius 2 is 1.00 bits per heavy atom. The van der Waals surface area contributed by atoms with Crippen LogP contribution in [-0.2, 0) is 5.41 Å². The van der Waals surface area contributed by atoms with Crippen LogP contribution in [0, 0.1) is 0 Å². The molecule has 0 aliphatic heterocycles. The lowest BCUT2D eigenvalue weighted by Crippen LogP contribution is -2.23. The average Bonchev–Trinajstić information content (AvgIpc) is 3.13. The molecule has 0 N–H and O–H groups in total. The first kappa shape index (κ1) is 26.4. The van der Waals surface area contributed by atoms with E-state index in [1.807, 2.05) is 12.4 Å². The fourth-order valence-corrected chi connectivity index (χ4v) is 8.44. The third kappa shape index (κ3) is 3.69. The summed E-state index contributed by atoms with van der Waals surface area (Å²) in [6, 6.07) is 51.9. The summed E-state index contributed by atoms with van der Waals surface area (Å²) in [5.74, 6) is 0. The van der Waals surface area contributed by atoms with Gasteiger partial charge < -0.3 is 0 Å². The number of pyridine rings is 1. The van der Waals surface area contributed by atoms with E-state index in [4.69, 9.17) is 0 Å². The Kier molecular flexibility index (Phi) is 5.40. The highest BCUT2D eigenvalue weighted by Crippen LogP contribution is 2.50. The van der Waals surface area contributed by atoms with E-state index in [0.717, 1.165) is 0 Å². The van der Waals surface area contributed by atoms with E-state index in [9.17, 15) is 0 Å². The van der Waals surface area contributed by atoms with E-state index in [0.29, 0.717) is 0 Å². The van der Waals surface area contributed by atoms with Crippen LogP contribution in [0.2, 0.25) is 0 Å². The van der Waals surface area contributed by atoms with Crippen molar-refractivity contribution in [3.8, 4) is 33.4 Å². The molecule has 0 unspecified atom stereocenters. The molecule has 47 heavy (non-hydrogen) atoms. The van der Waals surface area contributed by atoms with Gasteiger partial charge in [0.05, 0.1) is 0 Å². The maximum Gasteiger partial charge on any atom is 0.0353 e. The van der Waals surface area contributed by atoms with E-state index in [1.54, 1.807) is 0 Å². The van der Waals surface area contributed by atoms with Crippen LogP contribution in [-0.4, -0.2) is 4.98 Å². The first-order chi connectivity index (χ1) is 23.1. The summed E-state index contributed by atoms with van der Waals surface area (Å²) in [4.78, 5) is 4.64. The summed E-state index contributed by atoms with van der Waals surface area (Å²) in [7, 11) is 0. The molecule has 0 saturated carbocycles. The number of benzene rings is 8. The lowest BCUT2D eigenvalue weighted by molar-refractivity contribution is 0.645. The van der Waals surface area contributed by atoms with Crippen molar-refractivity contribution in [1.82, 2.24) is 4.98 Å². The van der Waals surface area contributed by atoms with E-state index in [-0.39, 0.29) is 5.41 Å². The summed E-state index contributed by atoms with van der Waals surface area (Å²) in [6.07, 6.45) is 4.04. The zero-order valence-electron chi connectivity index (χ0n) is 26.4. The van der Waals surface area contributed by atoms with E-state index in [1.165, 1.54) is 98.4 Å². The van der Waals surface area contributed by atoms with Gasteiger partial charge in [-0.25, -0.2) is 0 Å². The number of fused-ring (bicyclic) bond motifs is 8. The third-order valence-electron chi connectivity index (χ3n) is 10.7. The second-order valence-electron chi connectivity index (χ2n) is 13.5. The normalized spacial score (nSPS) is 13.5. The first-order valence-corrected chi connectivity index (χ1v) is 16.5. The molecule has 1 aromatic heterocycles. The van der Waals surface area contributed by atoms with Crippen molar-refractivity contribution in [1.29, 1.82) is 0 Å². The second-order valence-corrected chi connectivity index (χ2v) is 13.5. The Bertz CT molecular complexity index is 2760. The molecule has 1 aliphatic rings. The zero-order chi connectivity index (χ0) is 31.3. The lowest BCUT2D eigenvalue weighted by atomic mass is 9.68. The largest absolute Gasteiger partial charge is 0.263 e. The molecular formula is C46H31N. The van der Waals surface area contributed by atoms with Crippen molar-refractivity contribution in [2.45, 2.75) is 19.3 Å². The fraction of sp³-hybridized carbons (Fsp3) is 0.0652. The summed E-state index contributed by atoms with van der Waals surface area (Å²) < 4.78 is 0. The Balaban J connectivity index is 1.27. The van der Waals surface area contributed by atoms with Crippen LogP contribution in [0.15, 0.2) is 152 Å². The average molecular weight is 598 g/mol. The lowest BCUT2D eigenvalue weighted by Gasteiger charge is -2.35. The minimum Gasteiger partial charge on any atom is -0.263 e. The molecular weight excluding hydrogens is 567 g/mol. The molecule has 0 bridgehead atoms. The number of aromatic nitrogens is 1. The van der Waals surface area contributed by atoms with Crippen LogP contribution in [0.5, 0.6) is 0 Å². The maximum atomic E-state index is 4.64. The number of nitrogens with zero attached hydrogens (tertiary/aromatic N) is 1. The van der Waals surface area contributed by atoms with Gasteiger partial charge in [-0.1, -0.05) is 135 Å². The highest BCUT2D eigenvalue weighted by molar-refractivity contribution is 6.24. The summed E-state index contributed by atoms with van der Waals surface area (Å²) >= 11 is 0. The van der Waals surface area contributed by atoms with Crippen LogP contribution in [0.25, 0.3) is 87.2 Å². The number of hydrogen-bond acceptors (Lipinski definition) is 1. The number of rotatable bonds is 2. The van der Waals surface area contributed by atoms with Gasteiger partial charge in [0.1, 0.15) is 0 Å². The third-order valence-corrected chi connectivity index (χ3v) is 10.7. The van der Waals surface area contributed by atoms with Crippen molar-refractivity contribution < 1.29 is 0 Å². The van der Waals surface area contributed by atoms with Crippen molar-refractivity contribution in [2.24, 2.45) is 0 Å². The quantitative estimate of drug-likeness (QED) is 0.181. The van der Waals surface area contributed by atoms with Gasteiger partial charge in [0, 0.05) is 28.8 Å². The molecule has 220 valence electrons. The van der Waals surface area contributed by atoms with Gasteiger partial charge in [0.2, 0.25) is 0 Å². The zero-order valence-corrected chi connectivity index (χ0v) is 26.4. The molecule has 0 atom stereocenters. The van der Waals surface area contributed by atoms with Gasteiger partial charge in [-0.3, -0.25) is 4.98 Å². The van der Waals surface area contributed by atoms with Crippen molar-refractivity contribution in [3.05, 3.63) is 163 Å². The molecule has 10 rings (SSSR count).